The van der Waals surface area contributed by atoms with Gasteiger partial charge in [-0.15, -0.1) is 0 Å². The van der Waals surface area contributed by atoms with E-state index in [1.54, 1.807) is 6.08 Å². The minimum atomic E-state index is 1.06. The maximum atomic E-state index is 3.72. The van der Waals surface area contributed by atoms with E-state index in [9.17, 15) is 0 Å². The molecule has 0 bridgehead atoms. The monoisotopic (exact) mass is 203 g/mol. The highest BCUT2D eigenvalue weighted by molar-refractivity contribution is 5.65. The van der Waals surface area contributed by atoms with Gasteiger partial charge in [-0.1, -0.05) is 51.7 Å². The lowest BCUT2D eigenvalue weighted by Gasteiger charge is -1.92. The number of aromatic amines is 1. The highest BCUT2D eigenvalue weighted by atomic mass is 14.7. The second kappa shape index (κ2) is 7.86. The number of aromatic nitrogens is 1. The van der Waals surface area contributed by atoms with Gasteiger partial charge in [-0.05, 0) is 18.6 Å². The van der Waals surface area contributed by atoms with Crippen molar-refractivity contribution in [2.45, 2.75) is 27.2 Å². The van der Waals surface area contributed by atoms with Crippen LogP contribution in [0.25, 0.3) is 12.2 Å². The largest absolute Gasteiger partial charge is 0.361 e. The van der Waals surface area contributed by atoms with Crippen LogP contribution in [0.1, 0.15) is 37.1 Å². The maximum Gasteiger partial charge on any atom is 0.0450 e. The van der Waals surface area contributed by atoms with Crippen LogP contribution in [-0.4, -0.2) is 4.98 Å². The van der Waals surface area contributed by atoms with Crippen molar-refractivity contribution in [3.05, 3.63) is 48.3 Å². The fraction of sp³-hybridized carbons (Fsp3) is 0.286. The van der Waals surface area contributed by atoms with Crippen molar-refractivity contribution in [2.24, 2.45) is 0 Å². The fourth-order valence-corrected chi connectivity index (χ4v) is 1.11. The standard InChI is InChI=1S/C11H13N.C3H8/c1-4-6-7-10-9(3)8-12-11(10)5-2;1-3-2/h4-8,12H,1-2H2,3H3;3H2,1-2H3/b7-6-;. The first kappa shape index (κ1) is 13.5. The SMILES string of the molecule is C=C/C=C\c1c(C)c[nH]c1C=C.CCC. The van der Waals surface area contributed by atoms with E-state index in [4.69, 9.17) is 0 Å². The minimum absolute atomic E-state index is 1.06. The van der Waals surface area contributed by atoms with Gasteiger partial charge in [-0.25, -0.2) is 0 Å². The molecule has 82 valence electrons. The summed E-state index contributed by atoms with van der Waals surface area (Å²) in [4.78, 5) is 3.13. The van der Waals surface area contributed by atoms with Gasteiger partial charge >= 0.3 is 0 Å². The quantitative estimate of drug-likeness (QED) is 0.692. The summed E-state index contributed by atoms with van der Waals surface area (Å²) < 4.78 is 0. The Morgan fingerprint density at radius 2 is 1.93 bits per heavy atom. The van der Waals surface area contributed by atoms with Gasteiger partial charge in [-0.2, -0.15) is 0 Å². The van der Waals surface area contributed by atoms with Crippen molar-refractivity contribution >= 4 is 12.2 Å². The van der Waals surface area contributed by atoms with Crippen molar-refractivity contribution in [1.29, 1.82) is 0 Å². The van der Waals surface area contributed by atoms with Crippen LogP contribution in [0.5, 0.6) is 0 Å². The number of hydrogen-bond acceptors (Lipinski definition) is 0. The molecular formula is C14H21N. The summed E-state index contributed by atoms with van der Waals surface area (Å²) >= 11 is 0. The Morgan fingerprint density at radius 1 is 1.33 bits per heavy atom. The average Bonchev–Trinajstić information content (AvgIpc) is 2.57. The van der Waals surface area contributed by atoms with Gasteiger partial charge in [0.05, 0.1) is 0 Å². The highest BCUT2D eigenvalue weighted by Crippen LogP contribution is 2.15. The Bertz CT molecular complexity index is 329. The normalized spacial score (nSPS) is 9.53. The molecule has 0 fully saturated rings. The minimum Gasteiger partial charge on any atom is -0.361 e. The van der Waals surface area contributed by atoms with E-state index < -0.39 is 0 Å². The van der Waals surface area contributed by atoms with Crippen molar-refractivity contribution in [1.82, 2.24) is 4.98 Å². The molecule has 0 saturated carbocycles. The summed E-state index contributed by atoms with van der Waals surface area (Å²) in [6.07, 6.45) is 10.7. The average molecular weight is 203 g/mol. The van der Waals surface area contributed by atoms with Crippen LogP contribution >= 0.6 is 0 Å². The molecule has 0 radical (unpaired) electrons. The molecule has 1 rings (SSSR count). The molecule has 1 heterocycles. The van der Waals surface area contributed by atoms with Gasteiger partial charge in [0.15, 0.2) is 0 Å². The molecule has 0 aliphatic rings. The van der Waals surface area contributed by atoms with Crippen molar-refractivity contribution in [2.75, 3.05) is 0 Å². The Morgan fingerprint density at radius 3 is 2.40 bits per heavy atom. The van der Waals surface area contributed by atoms with E-state index in [1.165, 1.54) is 17.5 Å². The fourth-order valence-electron chi connectivity index (χ4n) is 1.11. The molecule has 1 nitrogen and oxygen atoms in total. The third kappa shape index (κ3) is 4.50. The third-order valence-electron chi connectivity index (χ3n) is 1.76. The Hall–Kier alpha value is -1.50. The smallest absolute Gasteiger partial charge is 0.0450 e. The first-order valence-electron chi connectivity index (χ1n) is 5.30. The van der Waals surface area contributed by atoms with Crippen molar-refractivity contribution < 1.29 is 0 Å². The second-order valence-corrected chi connectivity index (χ2v) is 3.31. The first-order chi connectivity index (χ1) is 7.21. The lowest BCUT2D eigenvalue weighted by molar-refractivity contribution is 1.09. The van der Waals surface area contributed by atoms with Gasteiger partial charge in [0, 0.05) is 17.5 Å². The molecule has 1 N–H and O–H groups in total. The lowest BCUT2D eigenvalue weighted by Crippen LogP contribution is -1.75. The molecular weight excluding hydrogens is 182 g/mol. The van der Waals surface area contributed by atoms with Crippen LogP contribution in [-0.2, 0) is 0 Å². The second-order valence-electron chi connectivity index (χ2n) is 3.31. The summed E-state index contributed by atoms with van der Waals surface area (Å²) in [6, 6.07) is 0. The highest BCUT2D eigenvalue weighted by Gasteiger charge is 1.99. The topological polar surface area (TPSA) is 15.8 Å². The van der Waals surface area contributed by atoms with Gasteiger partial charge < -0.3 is 4.98 Å². The molecule has 0 aromatic carbocycles. The predicted molar refractivity (Wildman–Crippen MR) is 70.8 cm³/mol. The number of hydrogen-bond donors (Lipinski definition) is 1. The zero-order chi connectivity index (χ0) is 11.7. The molecule has 0 amide bonds. The molecule has 1 heteroatoms. The third-order valence-corrected chi connectivity index (χ3v) is 1.76. The van der Waals surface area contributed by atoms with Crippen LogP contribution in [0.4, 0.5) is 0 Å². The van der Waals surface area contributed by atoms with E-state index in [2.05, 4.69) is 38.9 Å². The molecule has 15 heavy (non-hydrogen) atoms. The summed E-state index contributed by atoms with van der Waals surface area (Å²) in [7, 11) is 0. The van der Waals surface area contributed by atoms with Crippen molar-refractivity contribution in [3.63, 3.8) is 0 Å². The first-order valence-corrected chi connectivity index (χ1v) is 5.30. The molecule has 1 aromatic heterocycles. The van der Waals surface area contributed by atoms with Gasteiger partial charge in [0.2, 0.25) is 0 Å². The Balaban J connectivity index is 0.000000583. The molecule has 0 saturated heterocycles. The van der Waals surface area contributed by atoms with E-state index in [0.717, 1.165) is 5.69 Å². The molecule has 0 spiro atoms. The van der Waals surface area contributed by atoms with Gasteiger partial charge in [-0.3, -0.25) is 0 Å². The zero-order valence-corrected chi connectivity index (χ0v) is 10.0. The molecule has 1 aromatic rings. The van der Waals surface area contributed by atoms with E-state index in [1.807, 2.05) is 24.4 Å². The van der Waals surface area contributed by atoms with E-state index in [-0.39, 0.29) is 0 Å². The van der Waals surface area contributed by atoms with Crippen molar-refractivity contribution in [3.8, 4) is 0 Å². The molecule has 0 atom stereocenters. The number of rotatable bonds is 3. The summed E-state index contributed by atoms with van der Waals surface area (Å²) in [5, 5.41) is 0. The number of H-pyrrole nitrogens is 1. The van der Waals surface area contributed by atoms with Crippen LogP contribution in [0.3, 0.4) is 0 Å². The maximum absolute atomic E-state index is 3.72. The molecule has 0 aliphatic carbocycles. The van der Waals surface area contributed by atoms with Crippen LogP contribution in [0.15, 0.2) is 31.5 Å². The number of aryl methyl sites for hydroxylation is 1. The van der Waals surface area contributed by atoms with Crippen LogP contribution in [0, 0.1) is 6.92 Å². The van der Waals surface area contributed by atoms with Crippen LogP contribution in [0.2, 0.25) is 0 Å². The van der Waals surface area contributed by atoms with E-state index >= 15 is 0 Å². The molecule has 0 aliphatic heterocycles. The predicted octanol–water partition coefficient (Wildman–Crippen LogP) is 4.58. The number of allylic oxidation sites excluding steroid dienone is 2. The number of nitrogens with one attached hydrogen (secondary N) is 1. The van der Waals surface area contributed by atoms with Gasteiger partial charge in [0.25, 0.3) is 0 Å². The lowest BCUT2D eigenvalue weighted by atomic mass is 10.1. The Labute approximate surface area is 93.2 Å². The van der Waals surface area contributed by atoms with Crippen LogP contribution < -0.4 is 0 Å². The molecule has 0 unspecified atom stereocenters. The summed E-state index contributed by atoms with van der Waals surface area (Å²) in [5.41, 5.74) is 3.47. The zero-order valence-electron chi connectivity index (χ0n) is 10.0. The summed E-state index contributed by atoms with van der Waals surface area (Å²) in [5.74, 6) is 0. The van der Waals surface area contributed by atoms with Gasteiger partial charge in [0.1, 0.15) is 0 Å². The Kier molecular flexibility index (Phi) is 7.08. The van der Waals surface area contributed by atoms with E-state index in [0.29, 0.717) is 0 Å². The summed E-state index contributed by atoms with van der Waals surface area (Å²) in [6.45, 7) is 13.7.